The van der Waals surface area contributed by atoms with E-state index < -0.39 is 18.1 Å². The number of hydrogen-bond acceptors (Lipinski definition) is 7. The summed E-state index contributed by atoms with van der Waals surface area (Å²) in [5, 5.41) is 19.8. The summed E-state index contributed by atoms with van der Waals surface area (Å²) < 4.78 is 11.7. The monoisotopic (exact) mass is 496 g/mol. The minimum absolute atomic E-state index is 0.405. The molecule has 2 heterocycles. The Morgan fingerprint density at radius 3 is 2.38 bits per heavy atom. The van der Waals surface area contributed by atoms with Crippen LogP contribution in [0.25, 0.3) is 11.5 Å². The molecule has 37 heavy (non-hydrogen) atoms. The summed E-state index contributed by atoms with van der Waals surface area (Å²) in [6.07, 6.45) is 1.11. The van der Waals surface area contributed by atoms with Crippen LogP contribution in [0, 0.1) is 6.92 Å². The second-order valence-corrected chi connectivity index (χ2v) is 8.97. The van der Waals surface area contributed by atoms with Crippen molar-refractivity contribution in [3.05, 3.63) is 108 Å². The number of aryl methyl sites for hydroxylation is 1. The van der Waals surface area contributed by atoms with Crippen molar-refractivity contribution in [3.63, 3.8) is 0 Å². The molecular formula is C29H28N4O4. The summed E-state index contributed by atoms with van der Waals surface area (Å²) in [5.41, 5.74) is 3.79. The quantitative estimate of drug-likeness (QED) is 0.310. The molecule has 188 valence electrons. The zero-order valence-electron chi connectivity index (χ0n) is 20.5. The smallest absolute Gasteiger partial charge is 0.330 e. The van der Waals surface area contributed by atoms with Crippen LogP contribution in [0.1, 0.15) is 22.6 Å². The molecule has 3 aromatic carbocycles. The van der Waals surface area contributed by atoms with E-state index in [1.807, 2.05) is 91.9 Å². The predicted octanol–water partition coefficient (Wildman–Crippen LogP) is 5.52. The molecular weight excluding hydrogens is 468 g/mol. The number of oxazole rings is 1. The molecule has 8 nitrogen and oxygen atoms in total. The Hall–Kier alpha value is -4.46. The van der Waals surface area contributed by atoms with Gasteiger partial charge in [0, 0.05) is 12.0 Å². The lowest BCUT2D eigenvalue weighted by Crippen LogP contribution is -2.42. The summed E-state index contributed by atoms with van der Waals surface area (Å²) in [6.45, 7) is 2.78. The molecule has 4 aromatic rings. The molecule has 5 rings (SSSR count). The average molecular weight is 497 g/mol. The van der Waals surface area contributed by atoms with Crippen LogP contribution in [0.4, 0.5) is 0 Å². The molecule has 1 N–H and O–H groups in total. The highest BCUT2D eigenvalue weighted by Gasteiger charge is 2.38. The number of ether oxygens (including phenoxy) is 1. The van der Waals surface area contributed by atoms with Crippen LogP contribution < -0.4 is 4.74 Å². The van der Waals surface area contributed by atoms with Gasteiger partial charge in [-0.15, -0.1) is 0 Å². The number of nitrogens with zero attached hydrogens (tertiary/aromatic N) is 4. The van der Waals surface area contributed by atoms with Gasteiger partial charge in [-0.1, -0.05) is 65.9 Å². The minimum atomic E-state index is -0.926. The first kappa shape index (κ1) is 24.2. The van der Waals surface area contributed by atoms with E-state index in [9.17, 15) is 9.90 Å². The Kier molecular flexibility index (Phi) is 7.26. The van der Waals surface area contributed by atoms with Gasteiger partial charge < -0.3 is 14.3 Å². The molecule has 0 amide bonds. The fourth-order valence-electron chi connectivity index (χ4n) is 4.39. The Balaban J connectivity index is 1.15. The number of aliphatic carboxylic acids is 1. The molecule has 2 atom stereocenters. The topological polar surface area (TPSA) is 101 Å². The van der Waals surface area contributed by atoms with E-state index in [-0.39, 0.29) is 0 Å². The summed E-state index contributed by atoms with van der Waals surface area (Å²) in [4.78, 5) is 16.6. The van der Waals surface area contributed by atoms with Crippen LogP contribution in [-0.2, 0) is 24.2 Å². The zero-order valence-corrected chi connectivity index (χ0v) is 20.5. The molecule has 0 saturated heterocycles. The molecule has 1 aliphatic rings. The third-order valence-corrected chi connectivity index (χ3v) is 6.33. The molecule has 1 aromatic heterocycles. The highest BCUT2D eigenvalue weighted by molar-refractivity contribution is 5.75. The van der Waals surface area contributed by atoms with Gasteiger partial charge in [-0.3, -0.25) is 5.01 Å². The van der Waals surface area contributed by atoms with Gasteiger partial charge in [-0.25, -0.2) is 9.78 Å². The summed E-state index contributed by atoms with van der Waals surface area (Å²) in [6, 6.07) is 25.9. The van der Waals surface area contributed by atoms with Crippen molar-refractivity contribution < 1.29 is 19.1 Å². The molecule has 8 heteroatoms. The summed E-state index contributed by atoms with van der Waals surface area (Å²) >= 11 is 0. The van der Waals surface area contributed by atoms with Gasteiger partial charge in [0.15, 0.2) is 6.04 Å². The van der Waals surface area contributed by atoms with Gasteiger partial charge in [-0.05, 0) is 48.7 Å². The Morgan fingerprint density at radius 2 is 1.68 bits per heavy atom. The van der Waals surface area contributed by atoms with E-state index in [2.05, 4.69) is 15.3 Å². The molecule has 0 spiro atoms. The third-order valence-electron chi connectivity index (χ3n) is 6.33. The van der Waals surface area contributed by atoms with Crippen LogP contribution in [0.15, 0.2) is 99.7 Å². The highest BCUT2D eigenvalue weighted by atomic mass is 16.5. The summed E-state index contributed by atoms with van der Waals surface area (Å²) in [7, 11) is 0. The zero-order chi connectivity index (χ0) is 25.6. The fourth-order valence-corrected chi connectivity index (χ4v) is 4.39. The number of carboxylic acid groups (broad SMARTS) is 1. The van der Waals surface area contributed by atoms with Crippen LogP contribution in [0.2, 0.25) is 0 Å². The molecule has 0 bridgehead atoms. The van der Waals surface area contributed by atoms with Crippen LogP contribution >= 0.6 is 0 Å². The lowest BCUT2D eigenvalue weighted by molar-refractivity contribution is -0.143. The van der Waals surface area contributed by atoms with Crippen molar-refractivity contribution in [2.24, 2.45) is 10.3 Å². The van der Waals surface area contributed by atoms with Gasteiger partial charge in [0.2, 0.25) is 5.89 Å². The summed E-state index contributed by atoms with van der Waals surface area (Å²) in [5.74, 6) is 1.22. The fraction of sp³-hybridized carbons (Fsp3) is 0.241. The van der Waals surface area contributed by atoms with Crippen LogP contribution in [0.3, 0.4) is 0 Å². The van der Waals surface area contributed by atoms with E-state index in [0.29, 0.717) is 31.9 Å². The van der Waals surface area contributed by atoms with Crippen LogP contribution in [0.5, 0.6) is 5.75 Å². The van der Waals surface area contributed by atoms with Crippen molar-refractivity contribution in [1.29, 1.82) is 0 Å². The number of carboxylic acids is 1. The van der Waals surface area contributed by atoms with Gasteiger partial charge in [0.1, 0.15) is 17.6 Å². The SMILES string of the molecule is Cc1oc(-c2ccccc2)nc1CCOc1ccc(CC2N=NN(Cc3ccccc3)C2C(=O)O)cc1. The van der Waals surface area contributed by atoms with E-state index in [0.717, 1.165) is 33.9 Å². The number of carbonyl (C=O) groups is 1. The second kappa shape index (κ2) is 11.1. The first-order valence-electron chi connectivity index (χ1n) is 12.2. The van der Waals surface area contributed by atoms with Gasteiger partial charge in [-0.2, -0.15) is 5.11 Å². The van der Waals surface area contributed by atoms with Crippen molar-refractivity contribution in [1.82, 2.24) is 9.99 Å². The Labute approximate surface area is 215 Å². The predicted molar refractivity (Wildman–Crippen MR) is 138 cm³/mol. The second-order valence-electron chi connectivity index (χ2n) is 8.97. The number of rotatable bonds is 10. The van der Waals surface area contributed by atoms with Gasteiger partial charge in [0.05, 0.1) is 18.8 Å². The van der Waals surface area contributed by atoms with Gasteiger partial charge >= 0.3 is 5.97 Å². The first-order chi connectivity index (χ1) is 18.1. The number of hydrogen-bond donors (Lipinski definition) is 1. The van der Waals surface area contributed by atoms with Crippen molar-refractivity contribution in [2.75, 3.05) is 6.61 Å². The highest BCUT2D eigenvalue weighted by Crippen LogP contribution is 2.25. The van der Waals surface area contributed by atoms with E-state index in [4.69, 9.17) is 9.15 Å². The average Bonchev–Trinajstić information content (AvgIpc) is 3.49. The molecule has 0 radical (unpaired) electrons. The largest absolute Gasteiger partial charge is 0.493 e. The van der Waals surface area contributed by atoms with E-state index >= 15 is 0 Å². The molecule has 0 fully saturated rings. The Bertz CT molecular complexity index is 1350. The van der Waals surface area contributed by atoms with E-state index in [1.54, 1.807) is 5.01 Å². The van der Waals surface area contributed by atoms with Gasteiger partial charge in [0.25, 0.3) is 0 Å². The maximum absolute atomic E-state index is 12.0. The molecule has 0 aliphatic carbocycles. The standard InChI is InChI=1S/C29H28N4O4/c1-20-25(30-28(37-20)23-10-6-3-7-11-23)16-17-36-24-14-12-21(13-15-24)18-26-27(29(34)35)33(32-31-26)19-22-8-4-2-5-9-22/h2-15,26-27H,16-19H2,1H3,(H,34,35). The van der Waals surface area contributed by atoms with Crippen LogP contribution in [-0.4, -0.2) is 39.8 Å². The maximum Gasteiger partial charge on any atom is 0.330 e. The van der Waals surface area contributed by atoms with Crippen molar-refractivity contribution in [3.8, 4) is 17.2 Å². The lowest BCUT2D eigenvalue weighted by atomic mass is 9.99. The maximum atomic E-state index is 12.0. The van der Waals surface area contributed by atoms with Crippen molar-refractivity contribution >= 4 is 5.97 Å². The molecule has 1 aliphatic heterocycles. The Morgan fingerprint density at radius 1 is 0.973 bits per heavy atom. The molecule has 2 unspecified atom stereocenters. The molecule has 0 saturated carbocycles. The van der Waals surface area contributed by atoms with Crippen molar-refractivity contribution in [2.45, 2.75) is 38.4 Å². The lowest BCUT2D eigenvalue weighted by Gasteiger charge is -2.22. The normalized spacial score (nSPS) is 16.7. The van der Waals surface area contributed by atoms with E-state index in [1.165, 1.54) is 0 Å². The first-order valence-corrected chi connectivity index (χ1v) is 12.2. The number of aromatic nitrogens is 1. The minimum Gasteiger partial charge on any atom is -0.493 e. The third kappa shape index (κ3) is 5.86. The number of benzene rings is 3.